The van der Waals surface area contributed by atoms with Crippen LogP contribution in [0.1, 0.15) is 46.1 Å². The Labute approximate surface area is 124 Å². The number of rotatable bonds is 9. The van der Waals surface area contributed by atoms with Crippen molar-refractivity contribution in [2.45, 2.75) is 53.0 Å². The van der Waals surface area contributed by atoms with E-state index in [1.807, 2.05) is 0 Å². The van der Waals surface area contributed by atoms with E-state index >= 15 is 0 Å². The van der Waals surface area contributed by atoms with Crippen LogP contribution >= 0.6 is 0 Å². The average molecular weight is 277 g/mol. The Morgan fingerprint density at radius 1 is 1.00 bits per heavy atom. The van der Waals surface area contributed by atoms with Crippen LogP contribution in [0.3, 0.4) is 0 Å². The predicted molar refractivity (Wildman–Crippen MR) is 87.4 cm³/mol. The molecule has 1 rings (SSSR count). The summed E-state index contributed by atoms with van der Waals surface area (Å²) in [5.41, 5.74) is 1.41. The lowest BCUT2D eigenvalue weighted by molar-refractivity contribution is 0.385. The molecule has 20 heavy (non-hydrogen) atoms. The summed E-state index contributed by atoms with van der Waals surface area (Å²) in [6, 6.07) is 9.06. The first-order chi connectivity index (χ1) is 9.51. The maximum absolute atomic E-state index is 5.22. The van der Waals surface area contributed by atoms with Gasteiger partial charge in [0, 0.05) is 6.04 Å². The van der Waals surface area contributed by atoms with E-state index in [0.717, 1.165) is 24.6 Å². The number of methoxy groups -OCH3 is 1. The normalized spacial score (nSPS) is 12.9. The van der Waals surface area contributed by atoms with E-state index in [1.54, 1.807) is 7.11 Å². The van der Waals surface area contributed by atoms with Gasteiger partial charge in [-0.25, -0.2) is 0 Å². The van der Waals surface area contributed by atoms with Crippen LogP contribution in [0.2, 0.25) is 0 Å². The Balaban J connectivity index is 2.56. The molecule has 1 N–H and O–H groups in total. The molecule has 1 aromatic carbocycles. The Hall–Kier alpha value is -1.02. The zero-order valence-electron chi connectivity index (χ0n) is 13.8. The molecule has 0 radical (unpaired) electrons. The average Bonchev–Trinajstić information content (AvgIpc) is 2.42. The minimum Gasteiger partial charge on any atom is -0.497 e. The Bertz CT molecular complexity index is 344. The van der Waals surface area contributed by atoms with Crippen molar-refractivity contribution in [3.63, 3.8) is 0 Å². The lowest BCUT2D eigenvalue weighted by atomic mass is 9.91. The fourth-order valence-corrected chi connectivity index (χ4v) is 2.34. The van der Waals surface area contributed by atoms with Crippen molar-refractivity contribution in [2.75, 3.05) is 13.7 Å². The summed E-state index contributed by atoms with van der Waals surface area (Å²) in [5, 5.41) is 3.59. The van der Waals surface area contributed by atoms with Crippen molar-refractivity contribution in [3.05, 3.63) is 29.8 Å². The second-order valence-electron chi connectivity index (χ2n) is 6.45. The molecule has 0 aliphatic rings. The highest BCUT2D eigenvalue weighted by molar-refractivity contribution is 5.27. The van der Waals surface area contributed by atoms with E-state index < -0.39 is 0 Å². The minimum atomic E-state index is 0.562. The molecule has 114 valence electrons. The predicted octanol–water partition coefficient (Wildman–Crippen LogP) is 4.29. The van der Waals surface area contributed by atoms with Gasteiger partial charge in [-0.1, -0.05) is 46.2 Å². The van der Waals surface area contributed by atoms with Crippen LogP contribution in [-0.4, -0.2) is 19.7 Å². The van der Waals surface area contributed by atoms with Crippen LogP contribution in [0.5, 0.6) is 5.75 Å². The van der Waals surface area contributed by atoms with Crippen molar-refractivity contribution in [3.8, 4) is 5.75 Å². The molecular formula is C18H31NO. The zero-order chi connectivity index (χ0) is 15.0. The van der Waals surface area contributed by atoms with Crippen LogP contribution < -0.4 is 10.1 Å². The van der Waals surface area contributed by atoms with E-state index in [9.17, 15) is 0 Å². The van der Waals surface area contributed by atoms with Crippen LogP contribution in [-0.2, 0) is 6.42 Å². The largest absolute Gasteiger partial charge is 0.497 e. The molecule has 0 aliphatic heterocycles. The topological polar surface area (TPSA) is 21.3 Å². The molecule has 0 fully saturated rings. The molecule has 0 aromatic heterocycles. The summed E-state index contributed by atoms with van der Waals surface area (Å²) in [7, 11) is 1.72. The van der Waals surface area contributed by atoms with E-state index in [4.69, 9.17) is 4.74 Å². The summed E-state index contributed by atoms with van der Waals surface area (Å²) in [6.07, 6.45) is 3.75. The monoisotopic (exact) mass is 277 g/mol. The molecule has 2 nitrogen and oxygen atoms in total. The third-order valence-corrected chi connectivity index (χ3v) is 3.65. The minimum absolute atomic E-state index is 0.562. The molecule has 0 spiro atoms. The van der Waals surface area contributed by atoms with E-state index in [1.165, 1.54) is 18.4 Å². The highest BCUT2D eigenvalue weighted by Crippen LogP contribution is 2.19. The molecule has 0 aliphatic carbocycles. The fourth-order valence-electron chi connectivity index (χ4n) is 2.34. The van der Waals surface area contributed by atoms with Crippen LogP contribution in [0.15, 0.2) is 24.3 Å². The lowest BCUT2D eigenvalue weighted by Gasteiger charge is -2.20. The summed E-state index contributed by atoms with van der Waals surface area (Å²) in [6.45, 7) is 10.1. The number of hydrogen-bond acceptors (Lipinski definition) is 2. The molecule has 0 bridgehead atoms. The second-order valence-corrected chi connectivity index (χ2v) is 6.45. The SMILES string of the molecule is COc1ccc(CC(CCC(C)C)CNC(C)C)cc1. The summed E-state index contributed by atoms with van der Waals surface area (Å²) in [4.78, 5) is 0. The molecule has 0 heterocycles. The van der Waals surface area contributed by atoms with Crippen LogP contribution in [0.25, 0.3) is 0 Å². The molecule has 2 heteroatoms. The molecule has 1 unspecified atom stereocenters. The molecule has 1 atom stereocenters. The quantitative estimate of drug-likeness (QED) is 0.727. The second kappa shape index (κ2) is 9.02. The van der Waals surface area contributed by atoms with Crippen LogP contribution in [0.4, 0.5) is 0 Å². The van der Waals surface area contributed by atoms with E-state index in [2.05, 4.69) is 57.3 Å². The van der Waals surface area contributed by atoms with E-state index in [0.29, 0.717) is 12.0 Å². The summed E-state index contributed by atoms with van der Waals surface area (Å²) >= 11 is 0. The Morgan fingerprint density at radius 3 is 2.15 bits per heavy atom. The van der Waals surface area contributed by atoms with Gasteiger partial charge in [0.15, 0.2) is 0 Å². The van der Waals surface area contributed by atoms with Gasteiger partial charge in [-0.3, -0.25) is 0 Å². The molecule has 0 saturated heterocycles. The van der Waals surface area contributed by atoms with Crippen molar-refractivity contribution in [1.82, 2.24) is 5.32 Å². The van der Waals surface area contributed by atoms with Crippen molar-refractivity contribution in [1.29, 1.82) is 0 Å². The number of nitrogens with one attached hydrogen (secondary N) is 1. The molecule has 0 saturated carbocycles. The van der Waals surface area contributed by atoms with E-state index in [-0.39, 0.29) is 0 Å². The van der Waals surface area contributed by atoms with Crippen molar-refractivity contribution in [2.24, 2.45) is 11.8 Å². The van der Waals surface area contributed by atoms with Gasteiger partial charge in [-0.05, 0) is 48.9 Å². The molecule has 0 amide bonds. The Kier molecular flexibility index (Phi) is 7.68. The van der Waals surface area contributed by atoms with Gasteiger partial charge in [0.05, 0.1) is 7.11 Å². The highest BCUT2D eigenvalue weighted by Gasteiger charge is 2.11. The first kappa shape index (κ1) is 17.0. The zero-order valence-corrected chi connectivity index (χ0v) is 13.8. The van der Waals surface area contributed by atoms with Gasteiger partial charge >= 0.3 is 0 Å². The van der Waals surface area contributed by atoms with Gasteiger partial charge in [0.25, 0.3) is 0 Å². The third kappa shape index (κ3) is 6.95. The van der Waals surface area contributed by atoms with Crippen molar-refractivity contribution >= 4 is 0 Å². The van der Waals surface area contributed by atoms with Crippen LogP contribution in [0, 0.1) is 11.8 Å². The van der Waals surface area contributed by atoms with Gasteiger partial charge in [0.1, 0.15) is 5.75 Å². The summed E-state index contributed by atoms with van der Waals surface area (Å²) in [5.74, 6) is 2.44. The maximum Gasteiger partial charge on any atom is 0.118 e. The smallest absolute Gasteiger partial charge is 0.118 e. The van der Waals surface area contributed by atoms with Gasteiger partial charge in [-0.2, -0.15) is 0 Å². The maximum atomic E-state index is 5.22. The first-order valence-electron chi connectivity index (χ1n) is 7.87. The standard InChI is InChI=1S/C18H31NO/c1-14(2)6-7-17(13-19-15(3)4)12-16-8-10-18(20-5)11-9-16/h8-11,14-15,17,19H,6-7,12-13H2,1-5H3. The van der Waals surface area contributed by atoms with Gasteiger partial charge < -0.3 is 10.1 Å². The van der Waals surface area contributed by atoms with Crippen molar-refractivity contribution < 1.29 is 4.74 Å². The highest BCUT2D eigenvalue weighted by atomic mass is 16.5. The number of benzene rings is 1. The molecule has 1 aromatic rings. The Morgan fingerprint density at radius 2 is 1.65 bits per heavy atom. The lowest BCUT2D eigenvalue weighted by Crippen LogP contribution is -2.30. The number of hydrogen-bond donors (Lipinski definition) is 1. The third-order valence-electron chi connectivity index (χ3n) is 3.65. The van der Waals surface area contributed by atoms with Gasteiger partial charge in [-0.15, -0.1) is 0 Å². The molecular weight excluding hydrogens is 246 g/mol. The number of ether oxygens (including phenoxy) is 1. The summed E-state index contributed by atoms with van der Waals surface area (Å²) < 4.78 is 5.22. The fraction of sp³-hybridized carbons (Fsp3) is 0.667. The van der Waals surface area contributed by atoms with Gasteiger partial charge in [0.2, 0.25) is 0 Å². The first-order valence-corrected chi connectivity index (χ1v) is 7.87.